The molecule has 1 unspecified atom stereocenters. The normalized spacial score (nSPS) is 28.0. The lowest BCUT2D eigenvalue weighted by Crippen LogP contribution is -2.55. The zero-order valence-electron chi connectivity index (χ0n) is 12.5. The Morgan fingerprint density at radius 1 is 1.33 bits per heavy atom. The van der Waals surface area contributed by atoms with Crippen LogP contribution in [0.25, 0.3) is 16.7 Å². The predicted octanol–water partition coefficient (Wildman–Crippen LogP) is 2.82. The fourth-order valence-electron chi connectivity index (χ4n) is 3.83. The van der Waals surface area contributed by atoms with E-state index >= 15 is 0 Å². The van der Waals surface area contributed by atoms with Gasteiger partial charge in [-0.3, -0.25) is 0 Å². The van der Waals surface area contributed by atoms with Gasteiger partial charge in [-0.2, -0.15) is 0 Å². The van der Waals surface area contributed by atoms with Crippen LogP contribution in [-0.4, -0.2) is 47.7 Å². The molecule has 0 aliphatic carbocycles. The van der Waals surface area contributed by atoms with E-state index in [1.807, 2.05) is 18.2 Å². The Balaban J connectivity index is 1.62. The van der Waals surface area contributed by atoms with Crippen molar-refractivity contribution in [2.75, 3.05) is 26.7 Å². The second-order valence-corrected chi connectivity index (χ2v) is 6.29. The predicted molar refractivity (Wildman–Crippen MR) is 83.8 cm³/mol. The Morgan fingerprint density at radius 3 is 2.81 bits per heavy atom. The highest BCUT2D eigenvalue weighted by molar-refractivity contribution is 5.87. The van der Waals surface area contributed by atoms with E-state index in [2.05, 4.69) is 34.6 Å². The van der Waals surface area contributed by atoms with Gasteiger partial charge in [0.25, 0.3) is 0 Å². The maximum atomic E-state index is 5.42. The van der Waals surface area contributed by atoms with Crippen molar-refractivity contribution in [3.63, 3.8) is 0 Å². The highest BCUT2D eigenvalue weighted by Crippen LogP contribution is 2.34. The van der Waals surface area contributed by atoms with Gasteiger partial charge in [-0.15, -0.1) is 0 Å². The molecular formula is C17H21N3O. The van der Waals surface area contributed by atoms with Crippen LogP contribution >= 0.6 is 0 Å². The van der Waals surface area contributed by atoms with Crippen molar-refractivity contribution in [2.45, 2.75) is 18.9 Å². The molecule has 0 radical (unpaired) electrons. The molecule has 4 nitrogen and oxygen atoms in total. The van der Waals surface area contributed by atoms with Gasteiger partial charge in [-0.25, -0.2) is 0 Å². The molecule has 1 aromatic carbocycles. The first kappa shape index (κ1) is 12.9. The highest BCUT2D eigenvalue weighted by Gasteiger charge is 2.37. The number of aromatic nitrogens is 1. The van der Waals surface area contributed by atoms with Gasteiger partial charge in [0.05, 0.1) is 11.1 Å². The zero-order chi connectivity index (χ0) is 14.4. The zero-order valence-corrected chi connectivity index (χ0v) is 12.5. The van der Waals surface area contributed by atoms with Crippen LogP contribution in [0, 0.1) is 5.92 Å². The van der Waals surface area contributed by atoms with Gasteiger partial charge in [0.15, 0.2) is 5.58 Å². The van der Waals surface area contributed by atoms with Crippen LogP contribution in [0.5, 0.6) is 0 Å². The summed E-state index contributed by atoms with van der Waals surface area (Å²) in [6.45, 7) is 7.96. The van der Waals surface area contributed by atoms with E-state index in [1.54, 1.807) is 0 Å². The van der Waals surface area contributed by atoms with E-state index in [0.29, 0.717) is 6.04 Å². The minimum Gasteiger partial charge on any atom is -0.369 e. The number of hydrogen-bond acceptors (Lipinski definition) is 4. The van der Waals surface area contributed by atoms with E-state index in [9.17, 15) is 0 Å². The number of piperidine rings is 3. The molecular weight excluding hydrogens is 262 g/mol. The molecule has 0 N–H and O–H groups in total. The largest absolute Gasteiger partial charge is 0.369 e. The molecule has 0 spiro atoms. The quantitative estimate of drug-likeness (QED) is 0.867. The van der Waals surface area contributed by atoms with Crippen molar-refractivity contribution >= 4 is 16.7 Å². The van der Waals surface area contributed by atoms with Crippen LogP contribution in [0.3, 0.4) is 0 Å². The van der Waals surface area contributed by atoms with Crippen LogP contribution in [0.2, 0.25) is 0 Å². The summed E-state index contributed by atoms with van der Waals surface area (Å²) in [6.07, 6.45) is 2.61. The number of fused-ring (bicyclic) bond motifs is 4. The maximum Gasteiger partial charge on any atom is 0.167 e. The van der Waals surface area contributed by atoms with Crippen LogP contribution in [-0.2, 0) is 0 Å². The molecule has 3 aliphatic heterocycles. The Kier molecular flexibility index (Phi) is 3.00. The van der Waals surface area contributed by atoms with E-state index in [0.717, 1.165) is 34.8 Å². The molecule has 2 bridgehead atoms. The summed E-state index contributed by atoms with van der Waals surface area (Å²) in [5, 5.41) is 5.29. The minimum atomic E-state index is 0.551. The summed E-state index contributed by atoms with van der Waals surface area (Å²) in [7, 11) is 2.15. The molecule has 1 atom stereocenters. The number of benzene rings is 1. The molecule has 5 rings (SSSR count). The Morgan fingerprint density at radius 2 is 2.10 bits per heavy atom. The third-order valence-corrected chi connectivity index (χ3v) is 5.20. The molecule has 0 saturated carbocycles. The van der Waals surface area contributed by atoms with Gasteiger partial charge in [0, 0.05) is 19.6 Å². The van der Waals surface area contributed by atoms with Crippen LogP contribution < -0.4 is 0 Å². The summed E-state index contributed by atoms with van der Waals surface area (Å²) in [6, 6.07) is 8.54. The molecule has 1 aromatic heterocycles. The third kappa shape index (κ3) is 2.05. The first-order valence-corrected chi connectivity index (χ1v) is 7.73. The topological polar surface area (TPSA) is 32.5 Å². The van der Waals surface area contributed by atoms with Crippen molar-refractivity contribution in [1.29, 1.82) is 0 Å². The van der Waals surface area contributed by atoms with Crippen molar-refractivity contribution < 1.29 is 4.52 Å². The number of nitrogens with zero attached hydrogens (tertiary/aromatic N) is 3. The third-order valence-electron chi connectivity index (χ3n) is 5.20. The van der Waals surface area contributed by atoms with Gasteiger partial charge in [-0.05, 0) is 44.0 Å². The molecule has 2 aromatic rings. The highest BCUT2D eigenvalue weighted by atomic mass is 16.5. The number of likely N-dealkylation sites (N-methyl/N-ethyl adjacent to an activating group) is 1. The van der Waals surface area contributed by atoms with Gasteiger partial charge in [-0.1, -0.05) is 23.9 Å². The standard InChI is InChI=1S/C17H21N3O/c1-12(17-14-5-3-4-6-16(14)21-18-17)19(2)15-11-20-9-7-13(15)8-10-20/h3-6,13,15H,1,7-11H2,2H3. The van der Waals surface area contributed by atoms with Gasteiger partial charge in [0.1, 0.15) is 5.69 Å². The molecule has 4 heteroatoms. The average Bonchev–Trinajstić information content (AvgIpc) is 2.98. The molecule has 0 amide bonds. The molecule has 21 heavy (non-hydrogen) atoms. The van der Waals surface area contributed by atoms with Crippen LogP contribution in [0.4, 0.5) is 0 Å². The second-order valence-electron chi connectivity index (χ2n) is 6.29. The van der Waals surface area contributed by atoms with Gasteiger partial charge in [0.2, 0.25) is 0 Å². The van der Waals surface area contributed by atoms with Gasteiger partial charge >= 0.3 is 0 Å². The lowest BCUT2D eigenvalue weighted by molar-refractivity contribution is 0.0387. The fraction of sp³-hybridized carbons (Fsp3) is 0.471. The van der Waals surface area contributed by atoms with Crippen molar-refractivity contribution in [2.24, 2.45) is 5.92 Å². The Bertz CT molecular complexity index is 669. The van der Waals surface area contributed by atoms with E-state index in [-0.39, 0.29) is 0 Å². The summed E-state index contributed by atoms with van der Waals surface area (Å²) >= 11 is 0. The molecule has 3 aliphatic rings. The maximum absolute atomic E-state index is 5.42. The molecule has 4 heterocycles. The van der Waals surface area contributed by atoms with E-state index in [1.165, 1.54) is 25.9 Å². The van der Waals surface area contributed by atoms with E-state index in [4.69, 9.17) is 4.52 Å². The smallest absolute Gasteiger partial charge is 0.167 e. The number of rotatable bonds is 3. The Labute approximate surface area is 125 Å². The average molecular weight is 283 g/mol. The van der Waals surface area contributed by atoms with Crippen molar-refractivity contribution in [3.05, 3.63) is 36.5 Å². The summed E-state index contributed by atoms with van der Waals surface area (Å²) in [5.41, 5.74) is 2.68. The second kappa shape index (κ2) is 4.88. The molecule has 3 saturated heterocycles. The lowest BCUT2D eigenvalue weighted by Gasteiger charge is -2.49. The van der Waals surface area contributed by atoms with Gasteiger partial charge < -0.3 is 14.3 Å². The Hall–Kier alpha value is -1.81. The minimum absolute atomic E-state index is 0.551. The lowest BCUT2D eigenvalue weighted by atomic mass is 9.83. The van der Waals surface area contributed by atoms with Crippen molar-refractivity contribution in [1.82, 2.24) is 15.0 Å². The fourth-order valence-corrected chi connectivity index (χ4v) is 3.83. The first-order chi connectivity index (χ1) is 10.2. The summed E-state index contributed by atoms with van der Waals surface area (Å²) < 4.78 is 5.42. The summed E-state index contributed by atoms with van der Waals surface area (Å²) in [4.78, 5) is 4.88. The van der Waals surface area contributed by atoms with E-state index < -0.39 is 0 Å². The molecule has 110 valence electrons. The number of hydrogen-bond donors (Lipinski definition) is 0. The molecule has 3 fully saturated rings. The summed E-state index contributed by atoms with van der Waals surface area (Å²) in [5.74, 6) is 0.787. The first-order valence-electron chi connectivity index (χ1n) is 7.73. The van der Waals surface area contributed by atoms with Crippen LogP contribution in [0.15, 0.2) is 35.4 Å². The number of para-hydroxylation sites is 1. The monoisotopic (exact) mass is 283 g/mol. The van der Waals surface area contributed by atoms with Crippen LogP contribution in [0.1, 0.15) is 18.5 Å². The SMILES string of the molecule is C=C(c1noc2ccccc12)N(C)C1CN2CCC1CC2. The van der Waals surface area contributed by atoms with Crippen molar-refractivity contribution in [3.8, 4) is 0 Å².